The number of rotatable bonds is 4. The second kappa shape index (κ2) is 8.88. The van der Waals surface area contributed by atoms with Crippen LogP contribution in [0.4, 0.5) is 0 Å². The van der Waals surface area contributed by atoms with Gasteiger partial charge in [0.05, 0.1) is 16.3 Å². The van der Waals surface area contributed by atoms with Crippen LogP contribution in [0.25, 0.3) is 25.1 Å². The molecule has 0 N–H and O–H groups in total. The minimum atomic E-state index is -0.421. The fraction of sp³-hybridized carbons (Fsp3) is 0.133. The maximum Gasteiger partial charge on any atom is 0.343 e. The smallest absolute Gasteiger partial charge is 0.343 e. The molecule has 0 amide bonds. The van der Waals surface area contributed by atoms with Gasteiger partial charge >= 0.3 is 5.97 Å². The maximum absolute atomic E-state index is 13.1. The Morgan fingerprint density at radius 2 is 1.32 bits per heavy atom. The molecule has 0 aliphatic heterocycles. The molecule has 5 rings (SSSR count). The van der Waals surface area contributed by atoms with Crippen molar-refractivity contribution < 1.29 is 9.53 Å². The van der Waals surface area contributed by atoms with Gasteiger partial charge in [0.15, 0.2) is 14.3 Å². The highest BCUT2D eigenvalue weighted by atomic mass is 32.2. The number of ether oxygens (including phenoxy) is 1. The highest BCUT2D eigenvalue weighted by Crippen LogP contribution is 2.45. The Bertz CT molecular complexity index is 1530. The number of fused-ring (bicyclic) bond motifs is 2. The fourth-order valence-corrected chi connectivity index (χ4v) is 6.92. The topological polar surface area (TPSA) is 43.4 Å². The molecule has 3 nitrogen and oxygen atoms in total. The quantitative estimate of drug-likeness (QED) is 0.119. The molecule has 0 bridgehead atoms. The van der Waals surface area contributed by atoms with E-state index in [0.717, 1.165) is 42.6 Å². The van der Waals surface area contributed by atoms with E-state index in [2.05, 4.69) is 19.1 Å². The Morgan fingerprint density at radius 3 is 1.85 bits per heavy atom. The van der Waals surface area contributed by atoms with Gasteiger partial charge in [-0.15, -0.1) is 0 Å². The Morgan fingerprint density at radius 1 is 0.794 bits per heavy atom. The van der Waals surface area contributed by atoms with Gasteiger partial charge in [-0.25, -0.2) is 4.79 Å². The van der Waals surface area contributed by atoms with Crippen LogP contribution in [0, 0.1) is 13.8 Å². The van der Waals surface area contributed by atoms with E-state index in [-0.39, 0.29) is 11.4 Å². The summed E-state index contributed by atoms with van der Waals surface area (Å²) in [5.74, 6) is 0.231. The van der Waals surface area contributed by atoms with Crippen LogP contribution in [-0.4, -0.2) is 5.97 Å². The summed E-state index contributed by atoms with van der Waals surface area (Å²) in [4.78, 5) is 27.0. The predicted molar refractivity (Wildman–Crippen MR) is 142 cm³/mol. The molecule has 1 heterocycles. The maximum atomic E-state index is 13.1. The average molecular weight is 466 g/mol. The molecule has 5 aromatic rings. The van der Waals surface area contributed by atoms with E-state index in [1.54, 1.807) is 0 Å². The molecule has 168 valence electrons. The van der Waals surface area contributed by atoms with Gasteiger partial charge < -0.3 is 4.74 Å². The number of hydrogen-bond donors (Lipinski definition) is 0. The van der Waals surface area contributed by atoms with Crippen molar-refractivity contribution in [1.82, 2.24) is 0 Å². The Balaban J connectivity index is 1.62. The largest absolute Gasteiger partial charge is 0.422 e. The minimum Gasteiger partial charge on any atom is -0.422 e. The lowest BCUT2D eigenvalue weighted by atomic mass is 10.1. The van der Waals surface area contributed by atoms with E-state index in [9.17, 15) is 9.59 Å². The molecule has 0 saturated carbocycles. The van der Waals surface area contributed by atoms with Crippen LogP contribution in [0.2, 0.25) is 0 Å². The number of carbonyl (C=O) groups is 1. The molecule has 0 saturated heterocycles. The molecule has 0 radical (unpaired) electrons. The van der Waals surface area contributed by atoms with Gasteiger partial charge in [-0.2, -0.15) is 0 Å². The van der Waals surface area contributed by atoms with Crippen LogP contribution in [0.5, 0.6) is 5.75 Å². The third kappa shape index (κ3) is 3.80. The fourth-order valence-electron chi connectivity index (χ4n) is 4.40. The summed E-state index contributed by atoms with van der Waals surface area (Å²) in [6.07, 6.45) is 0.925. The first-order valence-electron chi connectivity index (χ1n) is 11.4. The zero-order valence-electron chi connectivity index (χ0n) is 19.4. The van der Waals surface area contributed by atoms with Crippen molar-refractivity contribution in [3.05, 3.63) is 117 Å². The molecule has 1 aromatic heterocycles. The third-order valence-electron chi connectivity index (χ3n) is 6.17. The summed E-state index contributed by atoms with van der Waals surface area (Å²) >= 11 is 0. The van der Waals surface area contributed by atoms with E-state index in [0.29, 0.717) is 11.3 Å². The molecule has 34 heavy (non-hydrogen) atoms. The van der Waals surface area contributed by atoms with Gasteiger partial charge in [-0.3, -0.25) is 4.79 Å². The number of benzene rings is 4. The van der Waals surface area contributed by atoms with Gasteiger partial charge in [0.25, 0.3) is 0 Å². The van der Waals surface area contributed by atoms with Gasteiger partial charge in [-0.05, 0) is 73.4 Å². The summed E-state index contributed by atoms with van der Waals surface area (Å²) in [7, 11) is -0.421. The number of hydrogen-bond acceptors (Lipinski definition) is 3. The first-order valence-corrected chi connectivity index (χ1v) is 12.6. The summed E-state index contributed by atoms with van der Waals surface area (Å²) in [6.45, 7) is 6.02. The standard InChI is InChI=1S/C30H25O3S/c1-4-21-13-15-22(16-14-21)30(32)33-29-19(2)17-23(18-20(29)3)34-26-11-7-5-9-24(26)28(31)25-10-6-8-12-27(25)34/h5-18H,4H2,1-3H3/q+1. The normalized spacial score (nSPS) is 11.1. The monoisotopic (exact) mass is 465 g/mol. The number of esters is 1. The van der Waals surface area contributed by atoms with Crippen LogP contribution in [0.3, 0.4) is 0 Å². The van der Waals surface area contributed by atoms with E-state index in [1.807, 2.05) is 86.6 Å². The predicted octanol–water partition coefficient (Wildman–Crippen LogP) is 7.49. The lowest BCUT2D eigenvalue weighted by Crippen LogP contribution is -2.10. The first kappa shape index (κ1) is 22.1. The Hall–Kier alpha value is -3.76. The summed E-state index contributed by atoms with van der Waals surface area (Å²) in [5, 5.41) is 1.51. The highest BCUT2D eigenvalue weighted by molar-refractivity contribution is 7.49. The molecule has 4 heteroatoms. The van der Waals surface area contributed by atoms with E-state index in [4.69, 9.17) is 4.74 Å². The molecule has 0 atom stereocenters. The van der Waals surface area contributed by atoms with Crippen molar-refractivity contribution in [1.29, 1.82) is 0 Å². The first-order chi connectivity index (χ1) is 16.5. The van der Waals surface area contributed by atoms with Gasteiger partial charge in [0.1, 0.15) is 5.75 Å². The van der Waals surface area contributed by atoms with Gasteiger partial charge in [-0.1, -0.05) is 43.3 Å². The van der Waals surface area contributed by atoms with Crippen molar-refractivity contribution in [2.75, 3.05) is 0 Å². The van der Waals surface area contributed by atoms with E-state index in [1.165, 1.54) is 5.56 Å². The van der Waals surface area contributed by atoms with E-state index >= 15 is 0 Å². The van der Waals surface area contributed by atoms with E-state index < -0.39 is 10.5 Å². The minimum absolute atomic E-state index is 0.0723. The molecule has 0 aliphatic carbocycles. The molecule has 0 fully saturated rings. The van der Waals surface area contributed by atoms with Crippen molar-refractivity contribution >= 4 is 36.6 Å². The average Bonchev–Trinajstić information content (AvgIpc) is 2.86. The molecular weight excluding hydrogens is 440 g/mol. The summed E-state index contributed by atoms with van der Waals surface area (Å²) < 4.78 is 7.91. The lowest BCUT2D eigenvalue weighted by Gasteiger charge is -2.12. The van der Waals surface area contributed by atoms with Crippen LogP contribution >= 0.6 is 10.5 Å². The third-order valence-corrected chi connectivity index (χ3v) is 8.46. The van der Waals surface area contributed by atoms with Gasteiger partial charge in [0, 0.05) is 22.6 Å². The van der Waals surface area contributed by atoms with Crippen LogP contribution in [-0.2, 0) is 6.42 Å². The Labute approximate surface area is 201 Å². The second-order valence-corrected chi connectivity index (χ2v) is 10.4. The molecule has 4 aromatic carbocycles. The van der Waals surface area contributed by atoms with Crippen molar-refractivity contribution in [2.24, 2.45) is 0 Å². The lowest BCUT2D eigenvalue weighted by molar-refractivity contribution is 0.0732. The molecular formula is C30H25O3S+. The Kier molecular flexibility index (Phi) is 5.76. The summed E-state index contributed by atoms with van der Waals surface area (Å²) in [6, 6.07) is 27.4. The van der Waals surface area contributed by atoms with Crippen LogP contribution in [0.1, 0.15) is 34.0 Å². The molecule has 0 spiro atoms. The van der Waals surface area contributed by atoms with Crippen molar-refractivity contribution in [2.45, 2.75) is 27.2 Å². The van der Waals surface area contributed by atoms with Crippen molar-refractivity contribution in [3.63, 3.8) is 0 Å². The van der Waals surface area contributed by atoms with Gasteiger partial charge in [0.2, 0.25) is 5.43 Å². The SMILES string of the molecule is CCc1ccc(C(=O)Oc2c(C)cc(-[s+]3c4ccccc4c(=O)c4ccccc43)cc2C)cc1. The zero-order chi connectivity index (χ0) is 23.8. The van der Waals surface area contributed by atoms with Crippen LogP contribution in [0.15, 0.2) is 89.7 Å². The second-order valence-electron chi connectivity index (χ2n) is 8.45. The zero-order valence-corrected chi connectivity index (χ0v) is 20.2. The summed E-state index contributed by atoms with van der Waals surface area (Å²) in [5.41, 5.74) is 3.58. The van der Waals surface area contributed by atoms with Crippen LogP contribution < -0.4 is 10.2 Å². The highest BCUT2D eigenvalue weighted by Gasteiger charge is 2.24. The number of aryl methyl sites for hydroxylation is 3. The molecule has 0 unspecified atom stereocenters. The number of carbonyl (C=O) groups excluding carboxylic acids is 1. The molecule has 0 aliphatic rings. The van der Waals surface area contributed by atoms with Crippen molar-refractivity contribution in [3.8, 4) is 10.6 Å².